The summed E-state index contributed by atoms with van der Waals surface area (Å²) in [6, 6.07) is 8.12. The monoisotopic (exact) mass is 381 g/mol. The van der Waals surface area contributed by atoms with Crippen LogP contribution in [0, 0.1) is 13.8 Å². The molecule has 0 saturated heterocycles. The number of hydrogen-bond donors (Lipinski definition) is 0. The number of rotatable bonds is 4. The molecular formula is C16H16ClN3O2S2. The van der Waals surface area contributed by atoms with Crippen LogP contribution < -0.4 is 0 Å². The van der Waals surface area contributed by atoms with Crippen molar-refractivity contribution in [3.63, 3.8) is 0 Å². The van der Waals surface area contributed by atoms with Crippen LogP contribution in [0.1, 0.15) is 18.3 Å². The third kappa shape index (κ3) is 2.92. The van der Waals surface area contributed by atoms with Gasteiger partial charge in [0.25, 0.3) is 0 Å². The lowest BCUT2D eigenvalue weighted by atomic mass is 10.3. The van der Waals surface area contributed by atoms with Crippen molar-refractivity contribution < 1.29 is 8.42 Å². The molecule has 0 amide bonds. The quantitative estimate of drug-likeness (QED) is 0.640. The van der Waals surface area contributed by atoms with Crippen LogP contribution in [0.15, 0.2) is 45.1 Å². The van der Waals surface area contributed by atoms with E-state index in [0.717, 1.165) is 11.4 Å². The molecule has 0 atom stereocenters. The van der Waals surface area contributed by atoms with Gasteiger partial charge < -0.3 is 0 Å². The molecule has 3 aromatic rings. The van der Waals surface area contributed by atoms with E-state index >= 15 is 0 Å². The predicted octanol–water partition coefficient (Wildman–Crippen LogP) is 3.94. The van der Waals surface area contributed by atoms with Gasteiger partial charge in [-0.2, -0.15) is 5.10 Å². The first-order valence-electron chi connectivity index (χ1n) is 7.35. The van der Waals surface area contributed by atoms with Gasteiger partial charge in [0.15, 0.2) is 10.5 Å². The molecule has 2 aromatic heterocycles. The Morgan fingerprint density at radius 2 is 2.00 bits per heavy atom. The normalized spacial score (nSPS) is 12.0. The summed E-state index contributed by atoms with van der Waals surface area (Å²) in [6.45, 7) is 5.67. The molecule has 0 fully saturated rings. The first kappa shape index (κ1) is 17.3. The smallest absolute Gasteiger partial charge is 0.213 e. The predicted molar refractivity (Wildman–Crippen MR) is 95.8 cm³/mol. The summed E-state index contributed by atoms with van der Waals surface area (Å²) in [5.41, 5.74) is 1.93. The van der Waals surface area contributed by atoms with Crippen molar-refractivity contribution in [2.45, 2.75) is 35.6 Å². The molecule has 0 aliphatic carbocycles. The van der Waals surface area contributed by atoms with Gasteiger partial charge in [-0.1, -0.05) is 24.6 Å². The Bertz CT molecular complexity index is 1030. The number of nitrogens with zero attached hydrogens (tertiary/aromatic N) is 3. The summed E-state index contributed by atoms with van der Waals surface area (Å²) in [5, 5.41) is 5.29. The van der Waals surface area contributed by atoms with E-state index in [4.69, 9.17) is 11.6 Å². The molecule has 0 N–H and O–H groups in total. The van der Waals surface area contributed by atoms with Crippen LogP contribution in [0.5, 0.6) is 0 Å². The van der Waals surface area contributed by atoms with E-state index in [1.807, 2.05) is 26.8 Å². The van der Waals surface area contributed by atoms with E-state index in [1.54, 1.807) is 16.6 Å². The highest BCUT2D eigenvalue weighted by atomic mass is 35.5. The van der Waals surface area contributed by atoms with Gasteiger partial charge in [0.05, 0.1) is 4.90 Å². The SMILES string of the molecule is CCSc1nn2c(C)cc(C)nc2c1S(=O)(=O)c1cccc(Cl)c1. The summed E-state index contributed by atoms with van der Waals surface area (Å²) < 4.78 is 28.0. The Hall–Kier alpha value is -1.57. The molecular weight excluding hydrogens is 366 g/mol. The molecule has 2 heterocycles. The highest BCUT2D eigenvalue weighted by Crippen LogP contribution is 2.34. The average molecular weight is 382 g/mol. The first-order valence-corrected chi connectivity index (χ1v) is 10.2. The zero-order valence-electron chi connectivity index (χ0n) is 13.4. The summed E-state index contributed by atoms with van der Waals surface area (Å²) >= 11 is 7.36. The maximum atomic E-state index is 13.2. The molecule has 24 heavy (non-hydrogen) atoms. The van der Waals surface area contributed by atoms with Gasteiger partial charge in [-0.25, -0.2) is 17.9 Å². The molecule has 126 valence electrons. The molecule has 0 aliphatic heterocycles. The van der Waals surface area contributed by atoms with Crippen LogP contribution in [0.3, 0.4) is 0 Å². The number of aromatic nitrogens is 3. The summed E-state index contributed by atoms with van der Waals surface area (Å²) in [7, 11) is -3.78. The fourth-order valence-electron chi connectivity index (χ4n) is 2.50. The molecule has 5 nitrogen and oxygen atoms in total. The van der Waals surface area contributed by atoms with E-state index in [0.29, 0.717) is 21.4 Å². The molecule has 0 spiro atoms. The molecule has 0 unspecified atom stereocenters. The van der Waals surface area contributed by atoms with Gasteiger partial charge in [0, 0.05) is 16.4 Å². The number of sulfone groups is 1. The molecule has 1 aromatic carbocycles. The van der Waals surface area contributed by atoms with E-state index in [2.05, 4.69) is 10.1 Å². The largest absolute Gasteiger partial charge is 0.233 e. The van der Waals surface area contributed by atoms with Gasteiger partial charge >= 0.3 is 0 Å². The minimum Gasteiger partial charge on any atom is -0.233 e. The van der Waals surface area contributed by atoms with Crippen LogP contribution in [-0.2, 0) is 9.84 Å². The fourth-order valence-corrected chi connectivity index (χ4v) is 5.32. The number of fused-ring (bicyclic) bond motifs is 1. The Morgan fingerprint density at radius 3 is 2.67 bits per heavy atom. The molecule has 0 saturated carbocycles. The average Bonchev–Trinajstić information content (AvgIpc) is 2.86. The van der Waals surface area contributed by atoms with Crippen molar-refractivity contribution in [2.75, 3.05) is 5.75 Å². The summed E-state index contributed by atoms with van der Waals surface area (Å²) in [6.07, 6.45) is 0. The lowest BCUT2D eigenvalue weighted by Crippen LogP contribution is -2.05. The number of halogens is 1. The van der Waals surface area contributed by atoms with Crippen LogP contribution >= 0.6 is 23.4 Å². The molecule has 8 heteroatoms. The van der Waals surface area contributed by atoms with Gasteiger partial charge in [-0.05, 0) is 43.9 Å². The fraction of sp³-hybridized carbons (Fsp3) is 0.250. The number of hydrogen-bond acceptors (Lipinski definition) is 5. The van der Waals surface area contributed by atoms with Crippen molar-refractivity contribution >= 4 is 38.8 Å². The van der Waals surface area contributed by atoms with Crippen molar-refractivity contribution in [3.8, 4) is 0 Å². The second-order valence-corrected chi connectivity index (χ2v) is 8.88. The minimum atomic E-state index is -3.78. The maximum Gasteiger partial charge on any atom is 0.213 e. The number of aryl methyl sites for hydroxylation is 2. The van der Waals surface area contributed by atoms with Crippen LogP contribution in [0.4, 0.5) is 0 Å². The maximum absolute atomic E-state index is 13.2. The Morgan fingerprint density at radius 1 is 1.25 bits per heavy atom. The topological polar surface area (TPSA) is 64.3 Å². The molecule has 3 rings (SSSR count). The molecule has 0 radical (unpaired) electrons. The highest BCUT2D eigenvalue weighted by Gasteiger charge is 2.29. The standard InChI is InChI=1S/C16H16ClN3O2S2/c1-4-23-16-14(15-18-10(2)8-11(3)20(15)19-16)24(21,22)13-7-5-6-12(17)9-13/h5-9H,4H2,1-3H3. The van der Waals surface area contributed by atoms with E-state index in [-0.39, 0.29) is 9.79 Å². The lowest BCUT2D eigenvalue weighted by Gasteiger charge is -2.06. The lowest BCUT2D eigenvalue weighted by molar-refractivity contribution is 0.594. The first-order chi connectivity index (χ1) is 11.3. The number of benzene rings is 1. The van der Waals surface area contributed by atoms with Crippen LogP contribution in [0.2, 0.25) is 5.02 Å². The third-order valence-electron chi connectivity index (χ3n) is 3.48. The Labute approximate surface area is 150 Å². The highest BCUT2D eigenvalue weighted by molar-refractivity contribution is 8.00. The zero-order chi connectivity index (χ0) is 17.5. The molecule has 0 aliphatic rings. The van der Waals surface area contributed by atoms with Gasteiger partial charge in [-0.15, -0.1) is 11.8 Å². The van der Waals surface area contributed by atoms with Crippen molar-refractivity contribution in [3.05, 3.63) is 46.7 Å². The summed E-state index contributed by atoms with van der Waals surface area (Å²) in [5.74, 6) is 0.708. The Kier molecular flexibility index (Phi) is 4.59. The zero-order valence-corrected chi connectivity index (χ0v) is 15.8. The van der Waals surface area contributed by atoms with Crippen molar-refractivity contribution in [1.82, 2.24) is 14.6 Å². The van der Waals surface area contributed by atoms with Crippen molar-refractivity contribution in [2.24, 2.45) is 0 Å². The third-order valence-corrected chi connectivity index (χ3v) is 6.48. The van der Waals surface area contributed by atoms with Crippen LogP contribution in [-0.4, -0.2) is 28.8 Å². The van der Waals surface area contributed by atoms with Gasteiger partial charge in [0.1, 0.15) is 5.03 Å². The Balaban J connectivity index is 2.37. The van der Waals surface area contributed by atoms with E-state index in [1.165, 1.54) is 23.9 Å². The minimum absolute atomic E-state index is 0.142. The molecule has 0 bridgehead atoms. The summed E-state index contributed by atoms with van der Waals surface area (Å²) in [4.78, 5) is 4.71. The van der Waals surface area contributed by atoms with Crippen LogP contribution in [0.25, 0.3) is 5.65 Å². The van der Waals surface area contributed by atoms with Gasteiger partial charge in [-0.3, -0.25) is 0 Å². The van der Waals surface area contributed by atoms with E-state index in [9.17, 15) is 8.42 Å². The second-order valence-electron chi connectivity index (χ2n) is 5.30. The van der Waals surface area contributed by atoms with E-state index < -0.39 is 9.84 Å². The van der Waals surface area contributed by atoms with Crippen molar-refractivity contribution in [1.29, 1.82) is 0 Å². The second kappa shape index (κ2) is 6.38. The van der Waals surface area contributed by atoms with Gasteiger partial charge in [0.2, 0.25) is 9.84 Å². The number of thioether (sulfide) groups is 1.